The fourth-order valence-corrected chi connectivity index (χ4v) is 6.62. The number of nitrogens with one attached hydrogen (secondary N) is 1. The number of thioether (sulfide) groups is 2. The van der Waals surface area contributed by atoms with Gasteiger partial charge in [0.25, 0.3) is 0 Å². The van der Waals surface area contributed by atoms with Crippen molar-refractivity contribution < 1.29 is 0 Å². The molecule has 3 heteroatoms. The van der Waals surface area contributed by atoms with E-state index in [0.717, 1.165) is 23.1 Å². The van der Waals surface area contributed by atoms with Gasteiger partial charge in [-0.3, -0.25) is 0 Å². The van der Waals surface area contributed by atoms with Crippen molar-refractivity contribution in [3.05, 3.63) is 0 Å². The minimum absolute atomic E-state index is 0.784. The van der Waals surface area contributed by atoms with E-state index in [9.17, 15) is 0 Å². The predicted octanol–water partition coefficient (Wildman–Crippen LogP) is 4.42. The van der Waals surface area contributed by atoms with E-state index in [1.807, 2.05) is 0 Å². The van der Waals surface area contributed by atoms with E-state index in [1.54, 1.807) is 0 Å². The van der Waals surface area contributed by atoms with E-state index >= 15 is 0 Å². The van der Waals surface area contributed by atoms with Crippen molar-refractivity contribution in [1.29, 1.82) is 0 Å². The van der Waals surface area contributed by atoms with Gasteiger partial charge in [0.2, 0.25) is 0 Å². The third-order valence-corrected chi connectivity index (χ3v) is 7.67. The molecule has 112 valence electrons. The Kier molecular flexibility index (Phi) is 7.46. The van der Waals surface area contributed by atoms with Gasteiger partial charge in [-0.25, -0.2) is 0 Å². The minimum atomic E-state index is 0.784. The molecule has 0 aromatic carbocycles. The van der Waals surface area contributed by atoms with Crippen LogP contribution in [0.1, 0.15) is 52.4 Å². The van der Waals surface area contributed by atoms with Crippen LogP contribution >= 0.6 is 23.5 Å². The molecule has 0 aromatic heterocycles. The monoisotopic (exact) mass is 301 g/mol. The molecule has 19 heavy (non-hydrogen) atoms. The molecule has 2 aliphatic rings. The van der Waals surface area contributed by atoms with Crippen LogP contribution in [0.5, 0.6) is 0 Å². The average Bonchev–Trinajstić information content (AvgIpc) is 2.49. The molecule has 4 atom stereocenters. The van der Waals surface area contributed by atoms with Crippen LogP contribution in [-0.2, 0) is 0 Å². The molecule has 0 amide bonds. The van der Waals surface area contributed by atoms with Gasteiger partial charge >= 0.3 is 0 Å². The predicted molar refractivity (Wildman–Crippen MR) is 91.4 cm³/mol. The lowest BCUT2D eigenvalue weighted by molar-refractivity contribution is 0.208. The second kappa shape index (κ2) is 8.84. The summed E-state index contributed by atoms with van der Waals surface area (Å²) in [4.78, 5) is 0. The molecule has 1 nitrogen and oxygen atoms in total. The lowest BCUT2D eigenvalue weighted by atomic mass is 9.76. The van der Waals surface area contributed by atoms with Crippen LogP contribution in [0.4, 0.5) is 0 Å². The first-order valence-corrected chi connectivity index (χ1v) is 10.5. The quantitative estimate of drug-likeness (QED) is 0.780. The second-order valence-electron chi connectivity index (χ2n) is 6.17. The maximum atomic E-state index is 3.92. The van der Waals surface area contributed by atoms with Crippen molar-refractivity contribution in [3.8, 4) is 0 Å². The molecule has 2 fully saturated rings. The van der Waals surface area contributed by atoms with E-state index in [1.165, 1.54) is 62.3 Å². The van der Waals surface area contributed by atoms with Crippen molar-refractivity contribution in [2.75, 3.05) is 23.8 Å². The van der Waals surface area contributed by atoms with Gasteiger partial charge in [0, 0.05) is 28.6 Å². The Balaban J connectivity index is 1.94. The molecule has 1 aliphatic heterocycles. The van der Waals surface area contributed by atoms with Gasteiger partial charge in [-0.05, 0) is 37.6 Å². The molecule has 0 spiro atoms. The van der Waals surface area contributed by atoms with Crippen molar-refractivity contribution in [2.45, 2.75) is 63.7 Å². The van der Waals surface area contributed by atoms with Crippen LogP contribution in [0.15, 0.2) is 0 Å². The Bertz CT molecular complexity index is 241. The fraction of sp³-hybridized carbons (Fsp3) is 1.00. The number of hydrogen-bond acceptors (Lipinski definition) is 3. The van der Waals surface area contributed by atoms with Crippen molar-refractivity contribution >= 4 is 23.5 Å². The normalized spacial score (nSPS) is 34.1. The van der Waals surface area contributed by atoms with Crippen molar-refractivity contribution in [1.82, 2.24) is 5.32 Å². The highest BCUT2D eigenvalue weighted by Gasteiger charge is 2.33. The number of hydrogen-bond donors (Lipinski definition) is 1. The Hall–Kier alpha value is 0.660. The van der Waals surface area contributed by atoms with Crippen molar-refractivity contribution in [3.63, 3.8) is 0 Å². The lowest BCUT2D eigenvalue weighted by Crippen LogP contribution is -2.47. The lowest BCUT2D eigenvalue weighted by Gasteiger charge is -2.40. The summed E-state index contributed by atoms with van der Waals surface area (Å²) in [5, 5.41) is 4.79. The summed E-state index contributed by atoms with van der Waals surface area (Å²) >= 11 is 4.42. The van der Waals surface area contributed by atoms with Gasteiger partial charge in [-0.1, -0.05) is 33.1 Å². The van der Waals surface area contributed by atoms with E-state index in [-0.39, 0.29) is 0 Å². The largest absolute Gasteiger partial charge is 0.313 e. The van der Waals surface area contributed by atoms with Gasteiger partial charge in [0.15, 0.2) is 0 Å². The van der Waals surface area contributed by atoms with Crippen LogP contribution in [0.25, 0.3) is 0 Å². The summed E-state index contributed by atoms with van der Waals surface area (Å²) in [6, 6.07) is 0.784. The third-order valence-electron chi connectivity index (χ3n) is 4.78. The maximum Gasteiger partial charge on any atom is 0.0294 e. The smallest absolute Gasteiger partial charge is 0.0294 e. The van der Waals surface area contributed by atoms with Gasteiger partial charge in [0.05, 0.1) is 0 Å². The molecular weight excluding hydrogens is 270 g/mol. The van der Waals surface area contributed by atoms with Crippen molar-refractivity contribution in [2.24, 2.45) is 11.8 Å². The first-order valence-electron chi connectivity index (χ1n) is 8.27. The Labute approximate surface area is 128 Å². The van der Waals surface area contributed by atoms with Gasteiger partial charge in [-0.15, -0.1) is 0 Å². The summed E-state index contributed by atoms with van der Waals surface area (Å²) in [5.74, 6) is 6.06. The summed E-state index contributed by atoms with van der Waals surface area (Å²) in [6.07, 6.45) is 8.58. The standard InChI is InChI=1S/C16H31NS2/c1-3-8-17-16(15-12-18-9-10-19-15)14-7-5-6-13(4-2)11-14/h13-17H,3-12H2,1-2H3. The highest BCUT2D eigenvalue weighted by Crippen LogP contribution is 2.38. The van der Waals surface area contributed by atoms with E-state index in [0.29, 0.717) is 0 Å². The molecular formula is C16H31NS2. The molecule has 4 unspecified atom stereocenters. The Morgan fingerprint density at radius 3 is 2.79 bits per heavy atom. The van der Waals surface area contributed by atoms with E-state index in [2.05, 4.69) is 42.7 Å². The summed E-state index contributed by atoms with van der Waals surface area (Å²) in [7, 11) is 0. The molecule has 1 aliphatic carbocycles. The topological polar surface area (TPSA) is 12.0 Å². The zero-order valence-corrected chi connectivity index (χ0v) is 14.3. The SMILES string of the molecule is CCCNC(C1CCCC(CC)C1)C1CSCCS1. The molecule has 1 saturated heterocycles. The second-order valence-corrected chi connectivity index (χ2v) is 8.66. The van der Waals surface area contributed by atoms with E-state index in [4.69, 9.17) is 0 Å². The third kappa shape index (κ3) is 4.86. The molecule has 1 N–H and O–H groups in total. The maximum absolute atomic E-state index is 3.92. The highest BCUT2D eigenvalue weighted by atomic mass is 32.2. The molecule has 1 saturated carbocycles. The number of rotatable bonds is 6. The zero-order chi connectivity index (χ0) is 13.5. The van der Waals surface area contributed by atoms with Crippen LogP contribution in [0.3, 0.4) is 0 Å². The molecule has 2 rings (SSSR count). The van der Waals surface area contributed by atoms with Crippen LogP contribution in [0, 0.1) is 11.8 Å². The molecule has 1 heterocycles. The first-order chi connectivity index (χ1) is 9.35. The first kappa shape index (κ1) is 16.0. The zero-order valence-electron chi connectivity index (χ0n) is 12.7. The van der Waals surface area contributed by atoms with Gasteiger partial charge in [0.1, 0.15) is 0 Å². The van der Waals surface area contributed by atoms with Gasteiger partial charge < -0.3 is 5.32 Å². The highest BCUT2D eigenvalue weighted by molar-refractivity contribution is 8.06. The van der Waals surface area contributed by atoms with E-state index < -0.39 is 0 Å². The Morgan fingerprint density at radius 1 is 1.21 bits per heavy atom. The van der Waals surface area contributed by atoms with Crippen LogP contribution < -0.4 is 5.32 Å². The molecule has 0 radical (unpaired) electrons. The average molecular weight is 302 g/mol. The summed E-state index contributed by atoms with van der Waals surface area (Å²) in [6.45, 7) is 5.88. The molecule has 0 aromatic rings. The van der Waals surface area contributed by atoms with Crippen LogP contribution in [-0.4, -0.2) is 35.1 Å². The van der Waals surface area contributed by atoms with Gasteiger partial charge in [-0.2, -0.15) is 23.5 Å². The minimum Gasteiger partial charge on any atom is -0.313 e. The summed E-state index contributed by atoms with van der Waals surface area (Å²) < 4.78 is 0. The summed E-state index contributed by atoms with van der Waals surface area (Å²) in [5.41, 5.74) is 0. The molecule has 0 bridgehead atoms. The Morgan fingerprint density at radius 2 is 2.11 bits per heavy atom. The van der Waals surface area contributed by atoms with Crippen LogP contribution in [0.2, 0.25) is 0 Å². The fourth-order valence-electron chi connectivity index (χ4n) is 3.66.